The van der Waals surface area contributed by atoms with E-state index in [0.29, 0.717) is 11.3 Å². The Kier molecular flexibility index (Phi) is 4.22. The van der Waals surface area contributed by atoms with Crippen LogP contribution < -0.4 is 4.90 Å². The van der Waals surface area contributed by atoms with E-state index in [1.165, 1.54) is 10.9 Å². The van der Waals surface area contributed by atoms with Crippen LogP contribution >= 0.6 is 11.3 Å². The Morgan fingerprint density at radius 3 is 2.53 bits per heavy atom. The molecule has 0 amide bonds. The highest BCUT2D eigenvalue weighted by atomic mass is 32.1. The summed E-state index contributed by atoms with van der Waals surface area (Å²) < 4.78 is 14.1. The molecule has 0 radical (unpaired) electrons. The number of benzene rings is 1. The zero-order valence-electron chi connectivity index (χ0n) is 11.3. The van der Waals surface area contributed by atoms with Crippen LogP contribution in [0.4, 0.5) is 10.1 Å². The van der Waals surface area contributed by atoms with Gasteiger partial charge in [-0.1, -0.05) is 18.2 Å². The van der Waals surface area contributed by atoms with Gasteiger partial charge in [-0.05, 0) is 31.4 Å². The molecular formula is C15H18FNOS. The number of rotatable bonds is 4. The number of aliphatic hydroxyl groups excluding tert-OH is 1. The van der Waals surface area contributed by atoms with Crippen LogP contribution in [-0.2, 0) is 0 Å². The molecule has 0 aliphatic heterocycles. The summed E-state index contributed by atoms with van der Waals surface area (Å²) in [6, 6.07) is 8.91. The molecule has 2 rings (SSSR count). The van der Waals surface area contributed by atoms with Gasteiger partial charge in [0.05, 0.1) is 17.8 Å². The van der Waals surface area contributed by atoms with E-state index in [2.05, 4.69) is 0 Å². The van der Waals surface area contributed by atoms with Crippen molar-refractivity contribution in [1.29, 1.82) is 0 Å². The quantitative estimate of drug-likeness (QED) is 0.909. The molecule has 1 heterocycles. The number of anilines is 1. The Morgan fingerprint density at radius 1 is 1.21 bits per heavy atom. The molecule has 2 nitrogen and oxygen atoms in total. The van der Waals surface area contributed by atoms with Gasteiger partial charge in [-0.3, -0.25) is 0 Å². The number of nitrogens with zero attached hydrogens (tertiary/aromatic N) is 1. The lowest BCUT2D eigenvalue weighted by molar-refractivity contribution is 0.199. The highest BCUT2D eigenvalue weighted by Crippen LogP contribution is 2.34. The minimum Gasteiger partial charge on any atom is -0.389 e. The maximum absolute atomic E-state index is 14.1. The molecule has 0 aliphatic rings. The fourth-order valence-electron chi connectivity index (χ4n) is 2.15. The van der Waals surface area contributed by atoms with Gasteiger partial charge < -0.3 is 10.0 Å². The van der Waals surface area contributed by atoms with Gasteiger partial charge in [0.25, 0.3) is 0 Å². The second kappa shape index (κ2) is 5.72. The topological polar surface area (TPSA) is 23.5 Å². The molecule has 2 atom stereocenters. The molecule has 0 spiro atoms. The van der Waals surface area contributed by atoms with Gasteiger partial charge >= 0.3 is 0 Å². The van der Waals surface area contributed by atoms with Crippen molar-refractivity contribution in [2.45, 2.75) is 26.0 Å². The van der Waals surface area contributed by atoms with Gasteiger partial charge in [0, 0.05) is 17.5 Å². The average molecular weight is 279 g/mol. The molecule has 0 saturated heterocycles. The lowest BCUT2D eigenvalue weighted by atomic mass is 10.1. The maximum atomic E-state index is 14.1. The van der Waals surface area contributed by atoms with Crippen LogP contribution in [0.3, 0.4) is 0 Å². The van der Waals surface area contributed by atoms with Crippen LogP contribution in [0.25, 0.3) is 0 Å². The van der Waals surface area contributed by atoms with Gasteiger partial charge in [0.2, 0.25) is 0 Å². The second-order valence-corrected chi connectivity index (χ2v) is 5.64. The molecule has 102 valence electrons. The number of halogens is 1. The van der Waals surface area contributed by atoms with Crippen LogP contribution in [0.1, 0.15) is 36.4 Å². The van der Waals surface area contributed by atoms with Crippen molar-refractivity contribution in [2.75, 3.05) is 11.9 Å². The molecule has 2 aromatic rings. The Morgan fingerprint density at radius 2 is 1.95 bits per heavy atom. The third-order valence-electron chi connectivity index (χ3n) is 3.36. The average Bonchev–Trinajstić information content (AvgIpc) is 2.90. The maximum Gasteiger partial charge on any atom is 0.146 e. The van der Waals surface area contributed by atoms with Crippen molar-refractivity contribution in [3.63, 3.8) is 0 Å². The van der Waals surface area contributed by atoms with Gasteiger partial charge in [-0.2, -0.15) is 0 Å². The van der Waals surface area contributed by atoms with E-state index in [-0.39, 0.29) is 11.9 Å². The van der Waals surface area contributed by atoms with Crippen molar-refractivity contribution in [3.8, 4) is 0 Å². The first-order valence-corrected chi connectivity index (χ1v) is 7.13. The summed E-state index contributed by atoms with van der Waals surface area (Å²) in [5, 5.41) is 11.8. The monoisotopic (exact) mass is 279 g/mol. The smallest absolute Gasteiger partial charge is 0.146 e. The number of hydrogen-bond donors (Lipinski definition) is 1. The summed E-state index contributed by atoms with van der Waals surface area (Å²) in [4.78, 5) is 3.05. The van der Waals surface area contributed by atoms with E-state index in [9.17, 15) is 9.50 Å². The first-order chi connectivity index (χ1) is 9.02. The first-order valence-electron chi connectivity index (χ1n) is 6.25. The van der Waals surface area contributed by atoms with E-state index in [1.54, 1.807) is 30.4 Å². The lowest BCUT2D eigenvalue weighted by Crippen LogP contribution is -2.23. The SMILES string of the molecule is CC(O)c1cccc(F)c1N(C)C(C)c1cccs1. The van der Waals surface area contributed by atoms with Crippen molar-refractivity contribution in [3.05, 3.63) is 52.0 Å². The van der Waals surface area contributed by atoms with Crippen LogP contribution in [-0.4, -0.2) is 12.2 Å². The molecule has 1 N–H and O–H groups in total. The summed E-state index contributed by atoms with van der Waals surface area (Å²) in [6.07, 6.45) is -0.691. The van der Waals surface area contributed by atoms with Gasteiger partial charge in [-0.25, -0.2) is 4.39 Å². The minimum atomic E-state index is -0.691. The number of thiophene rings is 1. The van der Waals surface area contributed by atoms with E-state index >= 15 is 0 Å². The predicted octanol–water partition coefficient (Wildman–Crippen LogP) is 4.14. The van der Waals surface area contributed by atoms with Crippen molar-refractivity contribution >= 4 is 17.0 Å². The van der Waals surface area contributed by atoms with Crippen molar-refractivity contribution in [1.82, 2.24) is 0 Å². The standard InChI is InChI=1S/C15H18FNOS/c1-10(14-8-5-9-19-14)17(3)15-12(11(2)18)6-4-7-13(15)16/h4-11,18H,1-3H3. The molecule has 1 aromatic carbocycles. The Bertz CT molecular complexity index is 539. The van der Waals surface area contributed by atoms with Crippen LogP contribution in [0.15, 0.2) is 35.7 Å². The number of para-hydroxylation sites is 1. The minimum absolute atomic E-state index is 0.0643. The normalized spacial score (nSPS) is 14.2. The van der Waals surface area contributed by atoms with E-state index in [4.69, 9.17) is 0 Å². The molecule has 19 heavy (non-hydrogen) atoms. The second-order valence-electron chi connectivity index (χ2n) is 4.66. The summed E-state index contributed by atoms with van der Waals surface area (Å²) in [5.41, 5.74) is 1.09. The molecule has 0 fully saturated rings. The predicted molar refractivity (Wildman–Crippen MR) is 78.2 cm³/mol. The Hall–Kier alpha value is -1.39. The van der Waals surface area contributed by atoms with E-state index < -0.39 is 6.10 Å². The summed E-state index contributed by atoms with van der Waals surface area (Å²) >= 11 is 1.65. The molecule has 0 aliphatic carbocycles. The molecule has 0 saturated carbocycles. The lowest BCUT2D eigenvalue weighted by Gasteiger charge is -2.29. The van der Waals surface area contributed by atoms with Gasteiger partial charge in [0.15, 0.2) is 0 Å². The van der Waals surface area contributed by atoms with Crippen molar-refractivity contribution in [2.24, 2.45) is 0 Å². The summed E-state index contributed by atoms with van der Waals surface area (Å²) in [6.45, 7) is 3.69. The Labute approximate surface area is 117 Å². The highest BCUT2D eigenvalue weighted by Gasteiger charge is 2.21. The molecule has 0 bridgehead atoms. The zero-order valence-corrected chi connectivity index (χ0v) is 12.1. The fourth-order valence-corrected chi connectivity index (χ4v) is 2.98. The van der Waals surface area contributed by atoms with Crippen molar-refractivity contribution < 1.29 is 9.50 Å². The van der Waals surface area contributed by atoms with Crippen LogP contribution in [0.2, 0.25) is 0 Å². The largest absolute Gasteiger partial charge is 0.389 e. The number of hydrogen-bond acceptors (Lipinski definition) is 3. The van der Waals surface area contributed by atoms with Gasteiger partial charge in [-0.15, -0.1) is 11.3 Å². The molecular weight excluding hydrogens is 261 g/mol. The highest BCUT2D eigenvalue weighted by molar-refractivity contribution is 7.10. The first kappa shape index (κ1) is 14.0. The Balaban J connectivity index is 2.41. The van der Waals surface area contributed by atoms with Crippen LogP contribution in [0.5, 0.6) is 0 Å². The third-order valence-corrected chi connectivity index (χ3v) is 4.40. The molecule has 2 unspecified atom stereocenters. The van der Waals surface area contributed by atoms with E-state index in [0.717, 1.165) is 0 Å². The molecule has 4 heteroatoms. The molecule has 1 aromatic heterocycles. The van der Waals surface area contributed by atoms with Gasteiger partial charge in [0.1, 0.15) is 5.82 Å². The summed E-state index contributed by atoms with van der Waals surface area (Å²) in [7, 11) is 1.86. The van der Waals surface area contributed by atoms with Crippen LogP contribution in [0, 0.1) is 5.82 Å². The number of aliphatic hydroxyl groups is 1. The fraction of sp³-hybridized carbons (Fsp3) is 0.333. The van der Waals surface area contributed by atoms with E-state index in [1.807, 2.05) is 36.4 Å². The zero-order chi connectivity index (χ0) is 14.0. The third kappa shape index (κ3) is 2.80. The summed E-state index contributed by atoms with van der Waals surface area (Å²) in [5.74, 6) is -0.302.